The van der Waals surface area contributed by atoms with Crippen molar-refractivity contribution in [2.24, 2.45) is 0 Å². The Morgan fingerprint density at radius 1 is 0.568 bits per heavy atom. The Balaban J connectivity index is 1.26. The molecule has 220 valence electrons. The second-order valence-corrected chi connectivity index (χ2v) is 10.0. The molecule has 0 saturated carbocycles. The zero-order valence-electron chi connectivity index (χ0n) is 24.5. The zero-order valence-corrected chi connectivity index (χ0v) is 24.5. The van der Waals surface area contributed by atoms with Crippen LogP contribution in [0.5, 0.6) is 23.0 Å². The second-order valence-electron chi connectivity index (χ2n) is 10.0. The van der Waals surface area contributed by atoms with Crippen molar-refractivity contribution in [3.63, 3.8) is 0 Å². The number of Topliss-reactive ketones (excluding diaryl/α,β-unsaturated/α-hetero) is 1. The molecule has 0 radical (unpaired) electrons. The number of amides is 2. The third kappa shape index (κ3) is 7.30. The Hall–Kier alpha value is -5.89. The summed E-state index contributed by atoms with van der Waals surface area (Å²) in [6.45, 7) is 3.45. The van der Waals surface area contributed by atoms with Gasteiger partial charge >= 0.3 is 0 Å². The van der Waals surface area contributed by atoms with Crippen LogP contribution in [0.2, 0.25) is 0 Å². The van der Waals surface area contributed by atoms with Crippen LogP contribution in [0.1, 0.15) is 43.6 Å². The minimum absolute atomic E-state index is 0.0164. The summed E-state index contributed by atoms with van der Waals surface area (Å²) in [5.41, 5.74) is 4.50. The fourth-order valence-electron chi connectivity index (χ4n) is 4.34. The lowest BCUT2D eigenvalue weighted by molar-refractivity contribution is 0.101. The van der Waals surface area contributed by atoms with Gasteiger partial charge in [-0.2, -0.15) is 0 Å². The lowest BCUT2D eigenvalue weighted by Gasteiger charge is -2.15. The Kier molecular flexibility index (Phi) is 9.01. The number of aryl methyl sites for hydroxylation is 1. The van der Waals surface area contributed by atoms with Gasteiger partial charge in [-0.05, 0) is 116 Å². The van der Waals surface area contributed by atoms with Gasteiger partial charge in [-0.3, -0.25) is 14.4 Å². The molecule has 0 aromatic heterocycles. The standard InChI is InChI=1S/C36H31N3O5/c1-23-6-4-5-7-32(23)38-35(41)26-12-19-31(20-13-26)44-34-21-14-28(37-3)22-33(34)39-36(42)27-10-17-30(18-11-27)43-29-15-8-25(9-16-29)24(2)40/h4-22,37H,1-3H3,(H,38,41)(H,39,42). The molecule has 0 aliphatic heterocycles. The molecule has 0 saturated heterocycles. The van der Waals surface area contributed by atoms with Crippen LogP contribution in [0.3, 0.4) is 0 Å². The molecule has 8 nitrogen and oxygen atoms in total. The molecule has 0 aliphatic carbocycles. The fraction of sp³-hybridized carbons (Fsp3) is 0.0833. The van der Waals surface area contributed by atoms with Crippen LogP contribution < -0.4 is 25.4 Å². The predicted octanol–water partition coefficient (Wildman–Crippen LogP) is 8.33. The monoisotopic (exact) mass is 585 g/mol. The lowest BCUT2D eigenvalue weighted by Crippen LogP contribution is -2.13. The summed E-state index contributed by atoms with van der Waals surface area (Å²) >= 11 is 0. The van der Waals surface area contributed by atoms with E-state index in [4.69, 9.17) is 9.47 Å². The van der Waals surface area contributed by atoms with E-state index in [9.17, 15) is 14.4 Å². The van der Waals surface area contributed by atoms with E-state index in [0.29, 0.717) is 45.4 Å². The van der Waals surface area contributed by atoms with Crippen molar-refractivity contribution in [2.75, 3.05) is 23.0 Å². The first kappa shape index (κ1) is 29.6. The van der Waals surface area contributed by atoms with Gasteiger partial charge in [0.1, 0.15) is 17.2 Å². The largest absolute Gasteiger partial charge is 0.457 e. The highest BCUT2D eigenvalue weighted by molar-refractivity contribution is 6.06. The van der Waals surface area contributed by atoms with Crippen molar-refractivity contribution in [1.82, 2.24) is 0 Å². The number of ether oxygens (including phenoxy) is 2. The van der Waals surface area contributed by atoms with E-state index >= 15 is 0 Å². The number of anilines is 3. The minimum Gasteiger partial charge on any atom is -0.457 e. The number of carbonyl (C=O) groups is 3. The highest BCUT2D eigenvalue weighted by Gasteiger charge is 2.14. The Labute approximate surface area is 255 Å². The van der Waals surface area contributed by atoms with E-state index in [0.717, 1.165) is 16.9 Å². The van der Waals surface area contributed by atoms with Gasteiger partial charge in [-0.25, -0.2) is 0 Å². The van der Waals surface area contributed by atoms with Gasteiger partial charge in [0.15, 0.2) is 11.5 Å². The number of carbonyl (C=O) groups excluding carboxylic acids is 3. The first-order valence-corrected chi connectivity index (χ1v) is 14.0. The topological polar surface area (TPSA) is 106 Å². The smallest absolute Gasteiger partial charge is 0.255 e. The molecule has 0 bridgehead atoms. The van der Waals surface area contributed by atoms with Gasteiger partial charge in [-0.15, -0.1) is 0 Å². The fourth-order valence-corrected chi connectivity index (χ4v) is 4.34. The average molecular weight is 586 g/mol. The molecule has 5 aromatic carbocycles. The Morgan fingerprint density at radius 3 is 1.59 bits per heavy atom. The number of hydrogen-bond acceptors (Lipinski definition) is 6. The molecule has 0 unspecified atom stereocenters. The number of rotatable bonds is 10. The maximum absolute atomic E-state index is 13.2. The van der Waals surface area contributed by atoms with Gasteiger partial charge in [-0.1, -0.05) is 18.2 Å². The van der Waals surface area contributed by atoms with Gasteiger partial charge in [0.05, 0.1) is 5.69 Å². The summed E-state index contributed by atoms with van der Waals surface area (Å²) in [5.74, 6) is 1.50. The molecule has 44 heavy (non-hydrogen) atoms. The summed E-state index contributed by atoms with van der Waals surface area (Å²) in [6.07, 6.45) is 0. The number of ketones is 1. The summed E-state index contributed by atoms with van der Waals surface area (Å²) in [6, 6.07) is 33.3. The first-order valence-electron chi connectivity index (χ1n) is 14.0. The van der Waals surface area contributed by atoms with Gasteiger partial charge in [0, 0.05) is 35.1 Å². The molecule has 0 spiro atoms. The quantitative estimate of drug-likeness (QED) is 0.142. The minimum atomic E-state index is -0.330. The van der Waals surface area contributed by atoms with E-state index in [1.54, 1.807) is 92.0 Å². The van der Waals surface area contributed by atoms with Crippen molar-refractivity contribution < 1.29 is 23.9 Å². The van der Waals surface area contributed by atoms with Gasteiger partial charge < -0.3 is 25.4 Å². The van der Waals surface area contributed by atoms with Gasteiger partial charge in [0.25, 0.3) is 11.8 Å². The molecular formula is C36H31N3O5. The first-order chi connectivity index (χ1) is 21.3. The SMILES string of the molecule is CNc1ccc(Oc2ccc(C(=O)Nc3ccccc3C)cc2)c(NC(=O)c2ccc(Oc3ccc(C(C)=O)cc3)cc2)c1. The summed E-state index contributed by atoms with van der Waals surface area (Å²) in [5, 5.41) is 8.92. The molecule has 0 aliphatic rings. The van der Waals surface area contributed by atoms with Crippen LogP contribution in [0.15, 0.2) is 115 Å². The van der Waals surface area contributed by atoms with Crippen LogP contribution in [-0.4, -0.2) is 24.6 Å². The Morgan fingerprint density at radius 2 is 1.07 bits per heavy atom. The zero-order chi connectivity index (χ0) is 31.1. The van der Waals surface area contributed by atoms with Crippen LogP contribution in [0.4, 0.5) is 17.1 Å². The highest BCUT2D eigenvalue weighted by Crippen LogP contribution is 2.33. The maximum Gasteiger partial charge on any atom is 0.255 e. The van der Waals surface area contributed by atoms with Crippen molar-refractivity contribution in [1.29, 1.82) is 0 Å². The lowest BCUT2D eigenvalue weighted by atomic mass is 10.1. The van der Waals surface area contributed by atoms with Crippen molar-refractivity contribution in [3.05, 3.63) is 138 Å². The van der Waals surface area contributed by atoms with Crippen molar-refractivity contribution in [3.8, 4) is 23.0 Å². The number of nitrogens with one attached hydrogen (secondary N) is 3. The molecule has 8 heteroatoms. The van der Waals surface area contributed by atoms with Crippen LogP contribution in [0.25, 0.3) is 0 Å². The number of benzene rings is 5. The third-order valence-electron chi connectivity index (χ3n) is 6.87. The van der Waals surface area contributed by atoms with E-state index < -0.39 is 0 Å². The van der Waals surface area contributed by atoms with Crippen LogP contribution in [-0.2, 0) is 0 Å². The molecule has 2 amide bonds. The summed E-state index contributed by atoms with van der Waals surface area (Å²) in [4.78, 5) is 37.4. The molecule has 3 N–H and O–H groups in total. The van der Waals surface area contributed by atoms with Crippen molar-refractivity contribution in [2.45, 2.75) is 13.8 Å². The third-order valence-corrected chi connectivity index (χ3v) is 6.87. The molecule has 0 atom stereocenters. The average Bonchev–Trinajstić information content (AvgIpc) is 3.04. The van der Waals surface area contributed by atoms with Crippen molar-refractivity contribution >= 4 is 34.7 Å². The van der Waals surface area contributed by atoms with E-state index in [1.165, 1.54) is 6.92 Å². The molecule has 0 heterocycles. The Bertz CT molecular complexity index is 1800. The van der Waals surface area contributed by atoms with E-state index in [1.807, 2.05) is 37.3 Å². The normalized spacial score (nSPS) is 10.4. The molecule has 5 aromatic rings. The predicted molar refractivity (Wildman–Crippen MR) is 173 cm³/mol. The second kappa shape index (κ2) is 13.4. The number of hydrogen-bond donors (Lipinski definition) is 3. The van der Waals surface area contributed by atoms with E-state index in [-0.39, 0.29) is 17.6 Å². The maximum atomic E-state index is 13.2. The highest BCUT2D eigenvalue weighted by atomic mass is 16.5. The van der Waals surface area contributed by atoms with E-state index in [2.05, 4.69) is 16.0 Å². The van der Waals surface area contributed by atoms with Crippen LogP contribution >= 0.6 is 0 Å². The van der Waals surface area contributed by atoms with Gasteiger partial charge in [0.2, 0.25) is 0 Å². The van der Waals surface area contributed by atoms with Crippen LogP contribution in [0, 0.1) is 6.92 Å². The molecular weight excluding hydrogens is 554 g/mol. The number of para-hydroxylation sites is 1. The molecule has 5 rings (SSSR count). The summed E-state index contributed by atoms with van der Waals surface area (Å²) < 4.78 is 12.0. The molecule has 0 fully saturated rings. The summed E-state index contributed by atoms with van der Waals surface area (Å²) in [7, 11) is 1.79.